The Morgan fingerprint density at radius 2 is 2.04 bits per heavy atom. The van der Waals surface area contributed by atoms with Crippen LogP contribution in [0.15, 0.2) is 35.8 Å². The van der Waals surface area contributed by atoms with E-state index in [1.165, 1.54) is 11.1 Å². The smallest absolute Gasteiger partial charge is 0.226 e. The molecule has 5 nitrogen and oxygen atoms in total. The van der Waals surface area contributed by atoms with Crippen molar-refractivity contribution >= 4 is 17.2 Å². The van der Waals surface area contributed by atoms with Crippen LogP contribution in [0.1, 0.15) is 39.5 Å². The lowest BCUT2D eigenvalue weighted by Crippen LogP contribution is -2.38. The van der Waals surface area contributed by atoms with E-state index in [0.29, 0.717) is 13.1 Å². The van der Waals surface area contributed by atoms with Crippen molar-refractivity contribution in [3.8, 4) is 0 Å². The summed E-state index contributed by atoms with van der Waals surface area (Å²) in [4.78, 5) is 19.9. The van der Waals surface area contributed by atoms with Gasteiger partial charge in [0.2, 0.25) is 5.91 Å². The molecular weight excluding hydrogens is 368 g/mol. The van der Waals surface area contributed by atoms with Crippen molar-refractivity contribution < 1.29 is 4.79 Å². The SMILES string of the molecule is Cc1nn(C)c(C)c1CN(Cc1nccs1)C(=O)[C@H]1CCc2ccccc2C1. The highest BCUT2D eigenvalue weighted by atomic mass is 32.1. The van der Waals surface area contributed by atoms with Crippen molar-refractivity contribution in [2.45, 2.75) is 46.2 Å². The lowest BCUT2D eigenvalue weighted by Gasteiger charge is -2.30. The van der Waals surface area contributed by atoms with Crippen molar-refractivity contribution in [2.75, 3.05) is 0 Å². The molecule has 1 aromatic carbocycles. The van der Waals surface area contributed by atoms with Gasteiger partial charge >= 0.3 is 0 Å². The minimum absolute atomic E-state index is 0.0344. The van der Waals surface area contributed by atoms with Crippen LogP contribution in [0.4, 0.5) is 0 Å². The summed E-state index contributed by atoms with van der Waals surface area (Å²) in [6.07, 6.45) is 4.52. The molecule has 146 valence electrons. The van der Waals surface area contributed by atoms with Gasteiger partial charge in [0.1, 0.15) is 5.01 Å². The second-order valence-corrected chi connectivity index (χ2v) is 8.58. The first-order valence-electron chi connectivity index (χ1n) is 9.76. The number of amides is 1. The molecule has 28 heavy (non-hydrogen) atoms. The van der Waals surface area contributed by atoms with Crippen molar-refractivity contribution in [1.82, 2.24) is 19.7 Å². The van der Waals surface area contributed by atoms with Crippen LogP contribution in [-0.2, 0) is 37.8 Å². The quantitative estimate of drug-likeness (QED) is 0.661. The van der Waals surface area contributed by atoms with Crippen molar-refractivity contribution in [3.05, 3.63) is 68.9 Å². The Balaban J connectivity index is 1.59. The van der Waals surface area contributed by atoms with Crippen molar-refractivity contribution in [1.29, 1.82) is 0 Å². The van der Waals surface area contributed by atoms with Crippen LogP contribution in [0.25, 0.3) is 0 Å². The Kier molecular flexibility index (Phi) is 5.31. The van der Waals surface area contributed by atoms with Gasteiger partial charge in [0.15, 0.2) is 0 Å². The number of benzene rings is 1. The van der Waals surface area contributed by atoms with E-state index in [4.69, 9.17) is 0 Å². The molecule has 4 rings (SSSR count). The number of aromatic nitrogens is 3. The van der Waals surface area contributed by atoms with E-state index in [0.717, 1.165) is 41.2 Å². The zero-order chi connectivity index (χ0) is 19.7. The predicted molar refractivity (Wildman–Crippen MR) is 111 cm³/mol. The summed E-state index contributed by atoms with van der Waals surface area (Å²) in [6, 6.07) is 8.51. The fourth-order valence-corrected chi connectivity index (χ4v) is 4.74. The van der Waals surface area contributed by atoms with Crippen LogP contribution in [0, 0.1) is 19.8 Å². The summed E-state index contributed by atoms with van der Waals surface area (Å²) in [5, 5.41) is 7.47. The molecule has 0 aliphatic heterocycles. The molecule has 1 amide bonds. The Hall–Kier alpha value is -2.47. The van der Waals surface area contributed by atoms with Crippen LogP contribution in [0.2, 0.25) is 0 Å². The molecule has 2 heterocycles. The van der Waals surface area contributed by atoms with Crippen LogP contribution >= 0.6 is 11.3 Å². The summed E-state index contributed by atoms with van der Waals surface area (Å²) >= 11 is 1.60. The van der Waals surface area contributed by atoms with Gasteiger partial charge in [-0.15, -0.1) is 11.3 Å². The maximum Gasteiger partial charge on any atom is 0.226 e. The first-order valence-corrected chi connectivity index (χ1v) is 10.6. The highest BCUT2D eigenvalue weighted by Crippen LogP contribution is 2.28. The van der Waals surface area contributed by atoms with Crippen LogP contribution in [0.5, 0.6) is 0 Å². The highest BCUT2D eigenvalue weighted by molar-refractivity contribution is 7.09. The molecule has 0 radical (unpaired) electrons. The fourth-order valence-electron chi connectivity index (χ4n) is 4.11. The topological polar surface area (TPSA) is 51.0 Å². The number of aryl methyl sites for hydroxylation is 3. The molecule has 0 N–H and O–H groups in total. The van der Waals surface area contributed by atoms with Gasteiger partial charge in [-0.3, -0.25) is 9.48 Å². The average Bonchev–Trinajstić information content (AvgIpc) is 3.30. The van der Waals surface area contributed by atoms with E-state index >= 15 is 0 Å². The van der Waals surface area contributed by atoms with Crippen LogP contribution in [-0.4, -0.2) is 25.6 Å². The van der Waals surface area contributed by atoms with E-state index in [9.17, 15) is 4.79 Å². The Morgan fingerprint density at radius 1 is 1.25 bits per heavy atom. The van der Waals surface area contributed by atoms with Crippen LogP contribution in [0.3, 0.4) is 0 Å². The van der Waals surface area contributed by atoms with Gasteiger partial charge < -0.3 is 4.90 Å². The van der Waals surface area contributed by atoms with Gasteiger partial charge in [0.25, 0.3) is 0 Å². The summed E-state index contributed by atoms with van der Waals surface area (Å²) in [6.45, 7) is 5.23. The third kappa shape index (κ3) is 3.74. The third-order valence-electron chi connectivity index (χ3n) is 5.83. The van der Waals surface area contributed by atoms with Crippen LogP contribution < -0.4 is 0 Å². The number of carbonyl (C=O) groups excluding carboxylic acids is 1. The summed E-state index contributed by atoms with van der Waals surface area (Å²) in [5.41, 5.74) is 5.95. The summed E-state index contributed by atoms with van der Waals surface area (Å²) in [5.74, 6) is 0.263. The number of thiazole rings is 1. The highest BCUT2D eigenvalue weighted by Gasteiger charge is 2.29. The third-order valence-corrected chi connectivity index (χ3v) is 6.59. The zero-order valence-electron chi connectivity index (χ0n) is 16.7. The maximum absolute atomic E-state index is 13.5. The Morgan fingerprint density at radius 3 is 2.71 bits per heavy atom. The lowest BCUT2D eigenvalue weighted by atomic mass is 9.83. The van der Waals surface area contributed by atoms with Gasteiger partial charge in [0, 0.05) is 42.3 Å². The molecule has 2 aromatic heterocycles. The van der Waals surface area contributed by atoms with Gasteiger partial charge in [-0.25, -0.2) is 4.98 Å². The molecule has 0 spiro atoms. The van der Waals surface area contributed by atoms with Crippen molar-refractivity contribution in [2.24, 2.45) is 13.0 Å². The second kappa shape index (κ2) is 7.87. The molecule has 0 fully saturated rings. The second-order valence-electron chi connectivity index (χ2n) is 7.60. The average molecular weight is 395 g/mol. The molecule has 0 bridgehead atoms. The van der Waals surface area contributed by atoms with Gasteiger partial charge in [-0.05, 0) is 44.2 Å². The minimum Gasteiger partial charge on any atom is -0.331 e. The van der Waals surface area contributed by atoms with Gasteiger partial charge in [-0.2, -0.15) is 5.10 Å². The monoisotopic (exact) mass is 394 g/mol. The van der Waals surface area contributed by atoms with Gasteiger partial charge in [-0.1, -0.05) is 24.3 Å². The molecule has 1 aliphatic carbocycles. The summed E-state index contributed by atoms with van der Waals surface area (Å²) in [7, 11) is 1.96. The molecule has 0 unspecified atom stereocenters. The molecule has 6 heteroatoms. The number of nitrogens with zero attached hydrogens (tertiary/aromatic N) is 4. The molecule has 1 aliphatic rings. The minimum atomic E-state index is 0.0344. The van der Waals surface area contributed by atoms with E-state index in [2.05, 4.69) is 41.3 Å². The van der Waals surface area contributed by atoms with Gasteiger partial charge in [0.05, 0.1) is 12.2 Å². The zero-order valence-corrected chi connectivity index (χ0v) is 17.5. The normalized spacial score (nSPS) is 16.0. The van der Waals surface area contributed by atoms with E-state index in [1.54, 1.807) is 17.5 Å². The van der Waals surface area contributed by atoms with E-state index in [1.807, 2.05) is 28.9 Å². The Bertz CT molecular complexity index is 977. The first-order chi connectivity index (χ1) is 13.5. The van der Waals surface area contributed by atoms with E-state index < -0.39 is 0 Å². The molecule has 1 atom stereocenters. The largest absolute Gasteiger partial charge is 0.331 e. The molecular formula is C22H26N4OS. The van der Waals surface area contributed by atoms with E-state index in [-0.39, 0.29) is 11.8 Å². The fraction of sp³-hybridized carbons (Fsp3) is 0.409. The number of fused-ring (bicyclic) bond motifs is 1. The Labute approximate surface area is 170 Å². The molecule has 3 aromatic rings. The lowest BCUT2D eigenvalue weighted by molar-refractivity contribution is -0.137. The standard InChI is InChI=1S/C22H26N4OS/c1-15-20(16(2)25(3)24-15)13-26(14-21-23-10-11-28-21)22(27)19-9-8-17-6-4-5-7-18(17)12-19/h4-7,10-11,19H,8-9,12-14H2,1-3H3/t19-/m0/s1. The first kappa shape index (κ1) is 18.9. The molecule has 0 saturated carbocycles. The van der Waals surface area contributed by atoms with Crippen molar-refractivity contribution in [3.63, 3.8) is 0 Å². The number of hydrogen-bond acceptors (Lipinski definition) is 4. The maximum atomic E-state index is 13.5. The number of hydrogen-bond donors (Lipinski definition) is 0. The predicted octanol–water partition coefficient (Wildman–Crippen LogP) is 3.83. The molecule has 0 saturated heterocycles. The summed E-state index contributed by atoms with van der Waals surface area (Å²) < 4.78 is 1.90. The number of carbonyl (C=O) groups is 1. The number of rotatable bonds is 5.